The number of aliphatic hydroxyl groups excluding tert-OH is 2. The predicted octanol–water partition coefficient (Wildman–Crippen LogP) is 0.0935. The number of amides is 1. The third kappa shape index (κ3) is 2.79. The monoisotopic (exact) mass is 220 g/mol. The molecule has 0 spiro atoms. The minimum absolute atomic E-state index is 0.179. The first-order valence-corrected chi connectivity index (χ1v) is 4.69. The van der Waals surface area contributed by atoms with Gasteiger partial charge in [-0.25, -0.2) is 0 Å². The number of nitrogens with zero attached hydrogens (tertiary/aromatic N) is 1. The molecular formula is C11H12N2O3. The molecule has 0 aliphatic carbocycles. The van der Waals surface area contributed by atoms with Gasteiger partial charge in [-0.3, -0.25) is 4.79 Å². The van der Waals surface area contributed by atoms with E-state index in [0.717, 1.165) is 0 Å². The summed E-state index contributed by atoms with van der Waals surface area (Å²) in [7, 11) is 0. The van der Waals surface area contributed by atoms with Gasteiger partial charge in [-0.1, -0.05) is 12.1 Å². The molecule has 5 nitrogen and oxygen atoms in total. The number of carbonyl (C=O) groups is 1. The molecule has 0 bridgehead atoms. The number of nitrogens with two attached hydrogens (primary N) is 1. The summed E-state index contributed by atoms with van der Waals surface area (Å²) in [5.41, 5.74) is 5.69. The van der Waals surface area contributed by atoms with E-state index in [1.807, 2.05) is 0 Å². The number of rotatable bonds is 4. The van der Waals surface area contributed by atoms with Crippen LogP contribution in [0.1, 0.15) is 28.4 Å². The van der Waals surface area contributed by atoms with E-state index in [1.54, 1.807) is 18.2 Å². The molecule has 0 saturated carbocycles. The van der Waals surface area contributed by atoms with E-state index in [2.05, 4.69) is 0 Å². The summed E-state index contributed by atoms with van der Waals surface area (Å²) in [6.07, 6.45) is -2.55. The van der Waals surface area contributed by atoms with Gasteiger partial charge in [0.05, 0.1) is 18.6 Å². The van der Waals surface area contributed by atoms with E-state index in [9.17, 15) is 15.0 Å². The Kier molecular flexibility index (Phi) is 4.00. The normalized spacial score (nSPS) is 13.8. The summed E-state index contributed by atoms with van der Waals surface area (Å²) in [5, 5.41) is 27.5. The van der Waals surface area contributed by atoms with Crippen LogP contribution in [-0.2, 0) is 0 Å². The Morgan fingerprint density at radius 2 is 2.19 bits per heavy atom. The fourth-order valence-electron chi connectivity index (χ4n) is 1.30. The molecule has 0 saturated heterocycles. The first-order valence-electron chi connectivity index (χ1n) is 4.69. The molecule has 0 radical (unpaired) electrons. The number of primary amides is 1. The third-order valence-electron chi connectivity index (χ3n) is 2.18. The highest BCUT2D eigenvalue weighted by Crippen LogP contribution is 2.19. The van der Waals surface area contributed by atoms with E-state index >= 15 is 0 Å². The van der Waals surface area contributed by atoms with Crippen LogP contribution < -0.4 is 5.73 Å². The summed E-state index contributed by atoms with van der Waals surface area (Å²) < 4.78 is 0. The Bertz CT molecular complexity index is 425. The maximum atomic E-state index is 10.9. The largest absolute Gasteiger partial charge is 0.389 e. The second-order valence-electron chi connectivity index (χ2n) is 3.36. The summed E-state index contributed by atoms with van der Waals surface area (Å²) in [6, 6.07) is 7.77. The van der Waals surface area contributed by atoms with E-state index in [-0.39, 0.29) is 12.0 Å². The second-order valence-corrected chi connectivity index (χ2v) is 3.36. The molecule has 16 heavy (non-hydrogen) atoms. The average Bonchev–Trinajstić information content (AvgIpc) is 2.28. The zero-order valence-electron chi connectivity index (χ0n) is 8.50. The van der Waals surface area contributed by atoms with Gasteiger partial charge in [0.2, 0.25) is 5.91 Å². The molecule has 5 heteroatoms. The Morgan fingerprint density at radius 3 is 2.75 bits per heavy atom. The van der Waals surface area contributed by atoms with Crippen molar-refractivity contribution in [1.29, 1.82) is 5.26 Å². The van der Waals surface area contributed by atoms with Gasteiger partial charge >= 0.3 is 0 Å². The zero-order chi connectivity index (χ0) is 12.1. The topological polar surface area (TPSA) is 107 Å². The molecule has 2 unspecified atom stereocenters. The van der Waals surface area contributed by atoms with Crippen LogP contribution in [0.2, 0.25) is 0 Å². The van der Waals surface area contributed by atoms with Gasteiger partial charge in [0, 0.05) is 5.56 Å². The molecule has 0 aliphatic heterocycles. The molecule has 4 N–H and O–H groups in total. The van der Waals surface area contributed by atoms with Crippen molar-refractivity contribution in [3.8, 4) is 6.07 Å². The lowest BCUT2D eigenvalue weighted by molar-refractivity contribution is 0.0216. The molecule has 1 rings (SSSR count). The van der Waals surface area contributed by atoms with Crippen molar-refractivity contribution in [1.82, 2.24) is 0 Å². The number of carbonyl (C=O) groups excluding carboxylic acids is 1. The molecule has 0 aromatic heterocycles. The van der Waals surface area contributed by atoms with Crippen molar-refractivity contribution in [2.24, 2.45) is 5.73 Å². The molecular weight excluding hydrogens is 208 g/mol. The van der Waals surface area contributed by atoms with E-state index in [1.165, 1.54) is 12.1 Å². The lowest BCUT2D eigenvalue weighted by atomic mass is 10.0. The van der Waals surface area contributed by atoms with Crippen LogP contribution in [0.5, 0.6) is 0 Å². The van der Waals surface area contributed by atoms with Crippen LogP contribution in [0.4, 0.5) is 0 Å². The van der Waals surface area contributed by atoms with Gasteiger partial charge in [-0.05, 0) is 17.7 Å². The van der Waals surface area contributed by atoms with Crippen LogP contribution in [0.3, 0.4) is 0 Å². The van der Waals surface area contributed by atoms with E-state index in [4.69, 9.17) is 11.0 Å². The minimum Gasteiger partial charge on any atom is -0.389 e. The van der Waals surface area contributed by atoms with Crippen LogP contribution in [-0.4, -0.2) is 22.2 Å². The highest BCUT2D eigenvalue weighted by molar-refractivity contribution is 5.92. The molecule has 1 aromatic rings. The number of hydrogen-bond donors (Lipinski definition) is 3. The van der Waals surface area contributed by atoms with Gasteiger partial charge < -0.3 is 15.9 Å². The minimum atomic E-state index is -1.20. The maximum absolute atomic E-state index is 10.9. The average molecular weight is 220 g/mol. The van der Waals surface area contributed by atoms with Crippen molar-refractivity contribution in [2.75, 3.05) is 0 Å². The summed E-state index contributed by atoms with van der Waals surface area (Å²) >= 11 is 0. The Balaban J connectivity index is 2.92. The molecule has 1 aromatic carbocycles. The maximum Gasteiger partial charge on any atom is 0.248 e. The fourth-order valence-corrected chi connectivity index (χ4v) is 1.30. The Labute approximate surface area is 92.7 Å². The van der Waals surface area contributed by atoms with E-state index < -0.39 is 18.1 Å². The number of aliphatic hydroxyl groups is 2. The lowest BCUT2D eigenvalue weighted by Crippen LogP contribution is -2.18. The number of nitriles is 1. The SMILES string of the molecule is N#CCC(O)C(O)c1cccc(C(N)=O)c1. The number of benzene rings is 1. The van der Waals surface area contributed by atoms with Crippen LogP contribution >= 0.6 is 0 Å². The van der Waals surface area contributed by atoms with Crippen molar-refractivity contribution in [3.05, 3.63) is 35.4 Å². The highest BCUT2D eigenvalue weighted by Gasteiger charge is 2.18. The zero-order valence-corrected chi connectivity index (χ0v) is 8.50. The molecule has 0 heterocycles. The lowest BCUT2D eigenvalue weighted by Gasteiger charge is -2.15. The molecule has 0 fully saturated rings. The van der Waals surface area contributed by atoms with Gasteiger partial charge in [0.1, 0.15) is 6.10 Å². The summed E-state index contributed by atoms with van der Waals surface area (Å²) in [6.45, 7) is 0. The standard InChI is InChI=1S/C11H12N2O3/c12-5-4-9(14)10(15)7-2-1-3-8(6-7)11(13)16/h1-3,6,9-10,14-15H,4H2,(H2,13,16). The van der Waals surface area contributed by atoms with Crippen LogP contribution in [0.25, 0.3) is 0 Å². The quantitative estimate of drug-likeness (QED) is 0.668. The first kappa shape index (κ1) is 12.2. The molecule has 84 valence electrons. The third-order valence-corrected chi connectivity index (χ3v) is 2.18. The van der Waals surface area contributed by atoms with Gasteiger partial charge in [-0.2, -0.15) is 5.26 Å². The van der Waals surface area contributed by atoms with Gasteiger partial charge in [0.15, 0.2) is 0 Å². The molecule has 1 amide bonds. The number of hydrogen-bond acceptors (Lipinski definition) is 4. The summed E-state index contributed by atoms with van der Waals surface area (Å²) in [5.74, 6) is -0.608. The highest BCUT2D eigenvalue weighted by atomic mass is 16.3. The van der Waals surface area contributed by atoms with Gasteiger partial charge in [-0.15, -0.1) is 0 Å². The molecule has 0 aliphatic rings. The van der Waals surface area contributed by atoms with Crippen molar-refractivity contribution >= 4 is 5.91 Å². The smallest absolute Gasteiger partial charge is 0.248 e. The van der Waals surface area contributed by atoms with Gasteiger partial charge in [0.25, 0.3) is 0 Å². The second kappa shape index (κ2) is 5.26. The van der Waals surface area contributed by atoms with Crippen molar-refractivity contribution < 1.29 is 15.0 Å². The first-order chi connectivity index (χ1) is 7.56. The molecule has 2 atom stereocenters. The van der Waals surface area contributed by atoms with Crippen LogP contribution in [0, 0.1) is 11.3 Å². The Morgan fingerprint density at radius 1 is 1.50 bits per heavy atom. The van der Waals surface area contributed by atoms with Crippen molar-refractivity contribution in [2.45, 2.75) is 18.6 Å². The fraction of sp³-hybridized carbons (Fsp3) is 0.273. The van der Waals surface area contributed by atoms with Crippen molar-refractivity contribution in [3.63, 3.8) is 0 Å². The van der Waals surface area contributed by atoms with Crippen LogP contribution in [0.15, 0.2) is 24.3 Å². The summed E-state index contributed by atoms with van der Waals surface area (Å²) in [4.78, 5) is 10.9. The van der Waals surface area contributed by atoms with E-state index in [0.29, 0.717) is 5.56 Å². The predicted molar refractivity (Wildman–Crippen MR) is 56.2 cm³/mol. The Hall–Kier alpha value is -1.90.